The molecule has 0 aliphatic carbocycles. The number of rotatable bonds is 9. The minimum absolute atomic E-state index is 0.0618. The zero-order valence-electron chi connectivity index (χ0n) is 17.0. The van der Waals surface area contributed by atoms with Gasteiger partial charge in [-0.2, -0.15) is 0 Å². The van der Waals surface area contributed by atoms with Gasteiger partial charge in [-0.3, -0.25) is 4.79 Å². The molecule has 7 nitrogen and oxygen atoms in total. The molecule has 32 heavy (non-hydrogen) atoms. The van der Waals surface area contributed by atoms with Crippen LogP contribution in [-0.2, 0) is 16.3 Å². The van der Waals surface area contributed by atoms with Crippen molar-refractivity contribution in [3.63, 3.8) is 0 Å². The van der Waals surface area contributed by atoms with Gasteiger partial charge in [-0.1, -0.05) is 35.9 Å². The summed E-state index contributed by atoms with van der Waals surface area (Å²) in [5.41, 5.74) is 6.57. The average Bonchev–Trinajstić information content (AvgIpc) is 2.77. The number of primary amides is 1. The summed E-state index contributed by atoms with van der Waals surface area (Å²) >= 11 is 5.94. The van der Waals surface area contributed by atoms with Gasteiger partial charge in [-0.25, -0.2) is 8.42 Å². The first-order chi connectivity index (χ1) is 15.2. The van der Waals surface area contributed by atoms with Crippen molar-refractivity contribution in [2.45, 2.75) is 22.3 Å². The highest BCUT2D eigenvalue weighted by Gasteiger charge is 2.20. The van der Waals surface area contributed by atoms with Crippen LogP contribution in [0.25, 0.3) is 0 Å². The average molecular weight is 475 g/mol. The van der Waals surface area contributed by atoms with Crippen molar-refractivity contribution >= 4 is 27.3 Å². The second-order valence-corrected chi connectivity index (χ2v) is 9.60. The predicted molar refractivity (Wildman–Crippen MR) is 122 cm³/mol. The summed E-state index contributed by atoms with van der Waals surface area (Å²) in [7, 11) is -3.88. The molecular weight excluding hydrogens is 452 g/mol. The first-order valence-electron chi connectivity index (χ1n) is 9.79. The van der Waals surface area contributed by atoms with Crippen LogP contribution in [0.15, 0.2) is 76.5 Å². The molecular formula is C23H23ClN2O5S. The van der Waals surface area contributed by atoms with E-state index in [1.165, 1.54) is 18.2 Å². The van der Waals surface area contributed by atoms with Crippen LogP contribution in [0.2, 0.25) is 5.02 Å². The van der Waals surface area contributed by atoms with Crippen LogP contribution in [0.5, 0.6) is 5.75 Å². The fraction of sp³-hybridized carbons (Fsp3) is 0.174. The van der Waals surface area contributed by atoms with Crippen LogP contribution in [0, 0.1) is 0 Å². The lowest BCUT2D eigenvalue weighted by atomic mass is 10.1. The van der Waals surface area contributed by atoms with Gasteiger partial charge in [0.15, 0.2) is 0 Å². The second-order valence-electron chi connectivity index (χ2n) is 7.22. The molecule has 3 rings (SSSR count). The van der Waals surface area contributed by atoms with Crippen LogP contribution in [0.1, 0.15) is 27.6 Å². The number of aromatic hydroxyl groups is 1. The fourth-order valence-corrected chi connectivity index (χ4v) is 4.64. The zero-order chi connectivity index (χ0) is 23.3. The van der Waals surface area contributed by atoms with Crippen LogP contribution in [0.3, 0.4) is 0 Å². The number of phenols is 1. The van der Waals surface area contributed by atoms with E-state index in [1.807, 2.05) is 0 Å². The lowest BCUT2D eigenvalue weighted by molar-refractivity contribution is 0.0997. The Morgan fingerprint density at radius 2 is 1.72 bits per heavy atom. The van der Waals surface area contributed by atoms with E-state index < -0.39 is 21.8 Å². The summed E-state index contributed by atoms with van der Waals surface area (Å²) < 4.78 is 25.7. The molecule has 1 amide bonds. The van der Waals surface area contributed by atoms with Crippen molar-refractivity contribution in [2.75, 3.05) is 13.1 Å². The van der Waals surface area contributed by atoms with E-state index in [2.05, 4.69) is 5.32 Å². The van der Waals surface area contributed by atoms with Gasteiger partial charge in [0.05, 0.1) is 21.5 Å². The van der Waals surface area contributed by atoms with E-state index in [0.717, 1.165) is 23.3 Å². The van der Waals surface area contributed by atoms with E-state index in [-0.39, 0.29) is 21.1 Å². The molecule has 0 saturated carbocycles. The van der Waals surface area contributed by atoms with E-state index in [1.54, 1.807) is 36.4 Å². The monoisotopic (exact) mass is 474 g/mol. The van der Waals surface area contributed by atoms with Crippen molar-refractivity contribution in [1.82, 2.24) is 5.32 Å². The van der Waals surface area contributed by atoms with Gasteiger partial charge >= 0.3 is 0 Å². The number of benzene rings is 3. The number of nitrogens with one attached hydrogen (secondary N) is 1. The number of carbonyl (C=O) groups is 1. The number of carbonyl (C=O) groups excluding carboxylic acids is 1. The smallest absolute Gasteiger partial charge is 0.252 e. The summed E-state index contributed by atoms with van der Waals surface area (Å²) in [5, 5.41) is 23.6. The van der Waals surface area contributed by atoms with E-state index in [9.17, 15) is 23.4 Å². The molecule has 0 heterocycles. The highest BCUT2D eigenvalue weighted by Crippen LogP contribution is 2.26. The molecule has 0 saturated heterocycles. The van der Waals surface area contributed by atoms with Crippen molar-refractivity contribution < 1.29 is 23.4 Å². The van der Waals surface area contributed by atoms with Crippen LogP contribution >= 0.6 is 11.6 Å². The number of hydrogen-bond acceptors (Lipinski definition) is 6. The minimum atomic E-state index is -3.88. The summed E-state index contributed by atoms with van der Waals surface area (Å²) in [6, 6.07) is 16.8. The Morgan fingerprint density at radius 1 is 1.03 bits per heavy atom. The second kappa shape index (κ2) is 10.1. The molecule has 5 N–H and O–H groups in total. The van der Waals surface area contributed by atoms with Crippen molar-refractivity contribution in [2.24, 2.45) is 5.73 Å². The van der Waals surface area contributed by atoms with Crippen LogP contribution < -0.4 is 11.1 Å². The maximum absolute atomic E-state index is 12.8. The Morgan fingerprint density at radius 3 is 2.38 bits per heavy atom. The molecule has 1 atom stereocenters. The van der Waals surface area contributed by atoms with Gasteiger partial charge < -0.3 is 21.3 Å². The van der Waals surface area contributed by atoms with E-state index in [0.29, 0.717) is 24.5 Å². The molecule has 0 aromatic heterocycles. The topological polar surface area (TPSA) is 130 Å². The van der Waals surface area contributed by atoms with Crippen molar-refractivity contribution in [3.8, 4) is 5.75 Å². The molecule has 0 spiro atoms. The fourth-order valence-electron chi connectivity index (χ4n) is 3.15. The largest absolute Gasteiger partial charge is 0.507 e. The normalized spacial score (nSPS) is 12.4. The van der Waals surface area contributed by atoms with Gasteiger partial charge in [0, 0.05) is 11.6 Å². The van der Waals surface area contributed by atoms with E-state index in [4.69, 9.17) is 17.3 Å². The quantitative estimate of drug-likeness (QED) is 0.353. The Labute approximate surface area is 191 Å². The van der Waals surface area contributed by atoms with Gasteiger partial charge in [-0.15, -0.1) is 0 Å². The summed E-state index contributed by atoms with van der Waals surface area (Å²) in [6.45, 7) is 0.944. The third-order valence-electron chi connectivity index (χ3n) is 4.94. The van der Waals surface area contributed by atoms with Crippen LogP contribution in [-0.4, -0.2) is 37.6 Å². The summed E-state index contributed by atoms with van der Waals surface area (Å²) in [6.07, 6.45) is -0.0509. The number of aliphatic hydroxyl groups excluding tert-OH is 1. The molecule has 0 fully saturated rings. The summed E-state index contributed by atoms with van der Waals surface area (Å²) in [5.74, 6) is -1.29. The molecule has 3 aromatic carbocycles. The van der Waals surface area contributed by atoms with E-state index >= 15 is 0 Å². The minimum Gasteiger partial charge on any atom is -0.507 e. The highest BCUT2D eigenvalue weighted by molar-refractivity contribution is 7.91. The molecule has 0 unspecified atom stereocenters. The molecule has 0 aliphatic rings. The number of aliphatic hydroxyl groups is 1. The first kappa shape index (κ1) is 23.7. The molecule has 0 bridgehead atoms. The SMILES string of the molecule is NC(=O)c1cc(S(=O)(=O)c2ccc(CCNC[C@@H](O)c3cccc(Cl)c3)cc2)ccc1O. The summed E-state index contributed by atoms with van der Waals surface area (Å²) in [4.78, 5) is 11.3. The Balaban J connectivity index is 1.60. The number of halogens is 1. The number of amides is 1. The maximum Gasteiger partial charge on any atom is 0.252 e. The lowest BCUT2D eigenvalue weighted by Gasteiger charge is -2.13. The van der Waals surface area contributed by atoms with Gasteiger partial charge in [-0.05, 0) is 66.6 Å². The molecule has 3 aromatic rings. The third-order valence-corrected chi connectivity index (χ3v) is 6.94. The molecule has 0 radical (unpaired) electrons. The van der Waals surface area contributed by atoms with Crippen molar-refractivity contribution in [1.29, 1.82) is 0 Å². The third kappa shape index (κ3) is 5.66. The number of hydrogen-bond donors (Lipinski definition) is 4. The zero-order valence-corrected chi connectivity index (χ0v) is 18.6. The van der Waals surface area contributed by atoms with Crippen molar-refractivity contribution in [3.05, 3.63) is 88.4 Å². The highest BCUT2D eigenvalue weighted by atomic mass is 35.5. The lowest BCUT2D eigenvalue weighted by Crippen LogP contribution is -2.23. The van der Waals surface area contributed by atoms with Crippen LogP contribution in [0.4, 0.5) is 0 Å². The number of nitrogens with two attached hydrogens (primary N) is 1. The van der Waals surface area contributed by atoms with Gasteiger partial charge in [0.2, 0.25) is 9.84 Å². The first-order valence-corrected chi connectivity index (χ1v) is 11.7. The Kier molecular flexibility index (Phi) is 7.52. The van der Waals surface area contributed by atoms with Gasteiger partial charge in [0.1, 0.15) is 5.75 Å². The van der Waals surface area contributed by atoms with Gasteiger partial charge in [0.25, 0.3) is 5.91 Å². The Hall–Kier alpha value is -2.91. The molecule has 168 valence electrons. The predicted octanol–water partition coefficient (Wildman–Crippen LogP) is 2.84. The molecule has 0 aliphatic heterocycles. The maximum atomic E-state index is 12.8. The Bertz CT molecular complexity index is 1210. The molecule has 9 heteroatoms. The number of sulfone groups is 1. The standard InChI is InChI=1S/C23H23ClN2O5S/c24-17-3-1-2-16(12-17)22(28)14-26-11-10-15-4-6-18(7-5-15)32(30,31)19-8-9-21(27)20(13-19)23(25)29/h1-9,12-13,22,26-28H,10-11,14H2,(H2,25,29)/t22-/m1/s1.